The molecule has 2 heterocycles. The molecule has 1 fully saturated rings. The summed E-state index contributed by atoms with van der Waals surface area (Å²) in [5, 5.41) is 0. The van der Waals surface area contributed by atoms with Crippen molar-refractivity contribution in [3.63, 3.8) is 0 Å². The number of carbonyl (C=O) groups is 1. The van der Waals surface area contributed by atoms with Crippen molar-refractivity contribution in [2.45, 2.75) is 25.8 Å². The van der Waals surface area contributed by atoms with Gasteiger partial charge in [0.15, 0.2) is 5.82 Å². The molecule has 2 aromatic carbocycles. The SMILES string of the molecule is CCOc1ccc(C2CCCN2C(=O)c2cnc(-c3ccccc3)nc2)cc1. The van der Waals surface area contributed by atoms with Gasteiger partial charge in [0.05, 0.1) is 18.2 Å². The third-order valence-corrected chi connectivity index (χ3v) is 5.02. The number of nitrogens with zero attached hydrogens (tertiary/aromatic N) is 3. The Hall–Kier alpha value is -3.21. The van der Waals surface area contributed by atoms with E-state index in [1.165, 1.54) is 0 Å². The molecule has 0 bridgehead atoms. The molecule has 1 aliphatic heterocycles. The molecule has 1 amide bonds. The smallest absolute Gasteiger partial charge is 0.257 e. The molecule has 142 valence electrons. The number of hydrogen-bond acceptors (Lipinski definition) is 4. The van der Waals surface area contributed by atoms with Gasteiger partial charge in [0.25, 0.3) is 5.91 Å². The zero-order valence-corrected chi connectivity index (χ0v) is 15.9. The number of likely N-dealkylation sites (tertiary alicyclic amines) is 1. The molecular weight excluding hydrogens is 350 g/mol. The van der Waals surface area contributed by atoms with Crippen molar-refractivity contribution < 1.29 is 9.53 Å². The average Bonchev–Trinajstić information content (AvgIpc) is 3.25. The molecule has 0 spiro atoms. The number of benzene rings is 2. The summed E-state index contributed by atoms with van der Waals surface area (Å²) >= 11 is 0. The number of hydrogen-bond donors (Lipinski definition) is 0. The second-order valence-corrected chi connectivity index (χ2v) is 6.82. The highest BCUT2D eigenvalue weighted by Gasteiger charge is 2.31. The van der Waals surface area contributed by atoms with Crippen LogP contribution in [0, 0.1) is 0 Å². The highest BCUT2D eigenvalue weighted by Crippen LogP contribution is 2.33. The fraction of sp³-hybridized carbons (Fsp3) is 0.261. The molecule has 0 radical (unpaired) electrons. The number of ether oxygens (including phenoxy) is 1. The molecule has 4 rings (SSSR count). The maximum Gasteiger partial charge on any atom is 0.257 e. The van der Waals surface area contributed by atoms with Gasteiger partial charge in [-0.15, -0.1) is 0 Å². The van der Waals surface area contributed by atoms with Gasteiger partial charge in [-0.2, -0.15) is 0 Å². The van der Waals surface area contributed by atoms with Crippen LogP contribution in [-0.2, 0) is 0 Å². The Kier molecular flexibility index (Phi) is 5.33. The van der Waals surface area contributed by atoms with E-state index >= 15 is 0 Å². The first kappa shape index (κ1) is 18.2. The van der Waals surface area contributed by atoms with Crippen LogP contribution in [0.25, 0.3) is 11.4 Å². The molecule has 0 aliphatic carbocycles. The minimum Gasteiger partial charge on any atom is -0.494 e. The Bertz CT molecular complexity index is 924. The lowest BCUT2D eigenvalue weighted by Crippen LogP contribution is -2.30. The van der Waals surface area contributed by atoms with Gasteiger partial charge in [0.2, 0.25) is 0 Å². The fourth-order valence-electron chi connectivity index (χ4n) is 3.65. The summed E-state index contributed by atoms with van der Waals surface area (Å²) < 4.78 is 5.52. The minimum atomic E-state index is -0.0176. The first-order valence-electron chi connectivity index (χ1n) is 9.67. The first-order chi connectivity index (χ1) is 13.8. The summed E-state index contributed by atoms with van der Waals surface area (Å²) in [5.41, 5.74) is 2.60. The third kappa shape index (κ3) is 3.74. The Morgan fingerprint density at radius 1 is 1.07 bits per heavy atom. The Labute approximate surface area is 165 Å². The van der Waals surface area contributed by atoms with E-state index in [2.05, 4.69) is 22.1 Å². The highest BCUT2D eigenvalue weighted by molar-refractivity contribution is 5.94. The van der Waals surface area contributed by atoms with Crippen molar-refractivity contribution in [3.05, 3.63) is 78.1 Å². The second-order valence-electron chi connectivity index (χ2n) is 6.82. The molecule has 5 nitrogen and oxygen atoms in total. The molecule has 28 heavy (non-hydrogen) atoms. The van der Waals surface area contributed by atoms with Crippen molar-refractivity contribution in [3.8, 4) is 17.1 Å². The van der Waals surface area contributed by atoms with Gasteiger partial charge < -0.3 is 9.64 Å². The average molecular weight is 373 g/mol. The van der Waals surface area contributed by atoms with Crippen LogP contribution < -0.4 is 4.74 Å². The number of carbonyl (C=O) groups excluding carboxylic acids is 1. The summed E-state index contributed by atoms with van der Waals surface area (Å²) in [6, 6.07) is 17.9. The van der Waals surface area contributed by atoms with E-state index in [1.54, 1.807) is 12.4 Å². The van der Waals surface area contributed by atoms with Crippen molar-refractivity contribution in [1.82, 2.24) is 14.9 Å². The predicted molar refractivity (Wildman–Crippen MR) is 108 cm³/mol. The molecule has 0 saturated carbocycles. The standard InChI is InChI=1S/C23H23N3O2/c1-2-28-20-12-10-17(11-13-20)21-9-6-14-26(21)23(27)19-15-24-22(25-16-19)18-7-4-3-5-8-18/h3-5,7-8,10-13,15-16,21H,2,6,9,14H2,1H3. The van der Waals surface area contributed by atoms with Gasteiger partial charge in [0.1, 0.15) is 5.75 Å². The summed E-state index contributed by atoms with van der Waals surface area (Å²) in [6.07, 6.45) is 5.21. The molecular formula is C23H23N3O2. The molecule has 1 saturated heterocycles. The number of rotatable bonds is 5. The maximum atomic E-state index is 13.1. The lowest BCUT2D eigenvalue weighted by molar-refractivity contribution is 0.0735. The molecule has 1 aromatic heterocycles. The van der Waals surface area contributed by atoms with Gasteiger partial charge in [-0.1, -0.05) is 42.5 Å². The molecule has 5 heteroatoms. The topological polar surface area (TPSA) is 55.3 Å². The Balaban J connectivity index is 1.52. The van der Waals surface area contributed by atoms with Crippen molar-refractivity contribution in [2.24, 2.45) is 0 Å². The van der Waals surface area contributed by atoms with E-state index in [1.807, 2.05) is 54.3 Å². The minimum absolute atomic E-state index is 0.0176. The highest BCUT2D eigenvalue weighted by atomic mass is 16.5. The number of amides is 1. The van der Waals surface area contributed by atoms with Crippen LogP contribution in [0.3, 0.4) is 0 Å². The third-order valence-electron chi connectivity index (χ3n) is 5.02. The van der Waals surface area contributed by atoms with Crippen LogP contribution in [0.15, 0.2) is 67.0 Å². The predicted octanol–water partition coefficient (Wildman–Crippen LogP) is 4.52. The van der Waals surface area contributed by atoms with Crippen LogP contribution >= 0.6 is 0 Å². The fourth-order valence-corrected chi connectivity index (χ4v) is 3.65. The van der Waals surface area contributed by atoms with Crippen molar-refractivity contribution in [2.75, 3.05) is 13.2 Å². The summed E-state index contributed by atoms with van der Waals surface area (Å²) in [4.78, 5) is 23.8. The first-order valence-corrected chi connectivity index (χ1v) is 9.67. The van der Waals surface area contributed by atoms with Gasteiger partial charge in [-0.3, -0.25) is 4.79 Å². The monoisotopic (exact) mass is 373 g/mol. The zero-order valence-electron chi connectivity index (χ0n) is 15.9. The Morgan fingerprint density at radius 2 is 1.79 bits per heavy atom. The lowest BCUT2D eigenvalue weighted by atomic mass is 10.0. The second kappa shape index (κ2) is 8.21. The summed E-state index contributed by atoms with van der Waals surface area (Å²) in [6.45, 7) is 3.36. The molecule has 3 aromatic rings. The van der Waals surface area contributed by atoms with Crippen LogP contribution in [0.1, 0.15) is 41.7 Å². The van der Waals surface area contributed by atoms with Gasteiger partial charge in [-0.25, -0.2) is 9.97 Å². The Morgan fingerprint density at radius 3 is 2.46 bits per heavy atom. The lowest BCUT2D eigenvalue weighted by Gasteiger charge is -2.25. The van der Waals surface area contributed by atoms with E-state index in [0.717, 1.165) is 36.3 Å². The van der Waals surface area contributed by atoms with E-state index in [0.29, 0.717) is 18.0 Å². The number of aromatic nitrogens is 2. The van der Waals surface area contributed by atoms with Crippen LogP contribution in [0.5, 0.6) is 5.75 Å². The van der Waals surface area contributed by atoms with Crippen molar-refractivity contribution in [1.29, 1.82) is 0 Å². The van der Waals surface area contributed by atoms with Crippen LogP contribution in [0.4, 0.5) is 0 Å². The molecule has 0 N–H and O–H groups in total. The van der Waals surface area contributed by atoms with E-state index < -0.39 is 0 Å². The summed E-state index contributed by atoms with van der Waals surface area (Å²) in [5.74, 6) is 1.46. The van der Waals surface area contributed by atoms with Crippen LogP contribution in [0.2, 0.25) is 0 Å². The normalized spacial score (nSPS) is 16.2. The van der Waals surface area contributed by atoms with Crippen LogP contribution in [-0.4, -0.2) is 33.9 Å². The van der Waals surface area contributed by atoms with E-state index in [4.69, 9.17) is 4.74 Å². The quantitative estimate of drug-likeness (QED) is 0.660. The van der Waals surface area contributed by atoms with Gasteiger partial charge >= 0.3 is 0 Å². The van der Waals surface area contributed by atoms with E-state index in [9.17, 15) is 4.79 Å². The molecule has 1 unspecified atom stereocenters. The maximum absolute atomic E-state index is 13.1. The van der Waals surface area contributed by atoms with Crippen molar-refractivity contribution >= 4 is 5.91 Å². The van der Waals surface area contributed by atoms with E-state index in [-0.39, 0.29) is 11.9 Å². The zero-order chi connectivity index (χ0) is 19.3. The van der Waals surface area contributed by atoms with Gasteiger partial charge in [-0.05, 0) is 37.5 Å². The summed E-state index contributed by atoms with van der Waals surface area (Å²) in [7, 11) is 0. The molecule has 1 atom stereocenters. The molecule has 1 aliphatic rings. The van der Waals surface area contributed by atoms with Gasteiger partial charge in [0, 0.05) is 24.5 Å². The largest absolute Gasteiger partial charge is 0.494 e.